The molecule has 21 heavy (non-hydrogen) atoms. The third kappa shape index (κ3) is 3.48. The number of hydrogen-bond donors (Lipinski definition) is 3. The molecule has 2 rings (SSSR count). The highest BCUT2D eigenvalue weighted by atomic mass is 16.5. The molecule has 0 aliphatic carbocycles. The number of aromatic carboxylic acids is 1. The Morgan fingerprint density at radius 2 is 2.05 bits per heavy atom. The average molecular weight is 292 g/mol. The van der Waals surface area contributed by atoms with Gasteiger partial charge in [-0.2, -0.15) is 0 Å². The number of carboxylic acids is 1. The van der Waals surface area contributed by atoms with Gasteiger partial charge in [-0.05, 0) is 31.2 Å². The predicted molar refractivity (Wildman–Crippen MR) is 75.1 cm³/mol. The first-order valence-electron chi connectivity index (χ1n) is 6.44. The molecule has 1 heterocycles. The number of nitrogens with one attached hydrogen (secondary N) is 1. The van der Waals surface area contributed by atoms with Gasteiger partial charge in [0, 0.05) is 6.54 Å². The van der Waals surface area contributed by atoms with Gasteiger partial charge in [0.2, 0.25) is 5.69 Å². The monoisotopic (exact) mass is 292 g/mol. The lowest BCUT2D eigenvalue weighted by atomic mass is 10.3. The molecule has 8 nitrogen and oxygen atoms in total. The lowest BCUT2D eigenvalue weighted by molar-refractivity contribution is 0.0691. The van der Waals surface area contributed by atoms with Crippen molar-refractivity contribution in [3.63, 3.8) is 0 Å². The molecule has 112 valence electrons. The fourth-order valence-corrected chi connectivity index (χ4v) is 1.70. The molecule has 0 radical (unpaired) electrons. The van der Waals surface area contributed by atoms with Crippen molar-refractivity contribution >= 4 is 11.8 Å². The standard InChI is InChI=1S/C13H16N4O4/c1-2-21-10-5-3-9(4-6-10)17-15-11(13(19)20)12(16-17)14-7-8-18/h3-6,18H,2,7-8H2,1H3,(H,14,16)(H,19,20). The van der Waals surface area contributed by atoms with Crippen LogP contribution < -0.4 is 10.1 Å². The molecule has 0 aliphatic rings. The van der Waals surface area contributed by atoms with Gasteiger partial charge in [-0.25, -0.2) is 4.79 Å². The highest BCUT2D eigenvalue weighted by molar-refractivity contribution is 5.90. The summed E-state index contributed by atoms with van der Waals surface area (Å²) in [6.07, 6.45) is 0. The molecule has 0 bridgehead atoms. The first kappa shape index (κ1) is 14.8. The maximum Gasteiger partial charge on any atom is 0.360 e. The number of aromatic nitrogens is 3. The summed E-state index contributed by atoms with van der Waals surface area (Å²) in [4.78, 5) is 12.4. The quantitative estimate of drug-likeness (QED) is 0.691. The number of hydrogen-bond acceptors (Lipinski definition) is 6. The number of nitrogens with zero attached hydrogens (tertiary/aromatic N) is 3. The van der Waals surface area contributed by atoms with E-state index in [1.165, 1.54) is 4.80 Å². The van der Waals surface area contributed by atoms with Crippen LogP contribution in [0, 0.1) is 0 Å². The van der Waals surface area contributed by atoms with Crippen molar-refractivity contribution in [1.82, 2.24) is 15.0 Å². The summed E-state index contributed by atoms with van der Waals surface area (Å²) in [6.45, 7) is 2.52. The minimum atomic E-state index is -1.19. The van der Waals surface area contributed by atoms with E-state index in [-0.39, 0.29) is 24.7 Å². The summed E-state index contributed by atoms with van der Waals surface area (Å²) in [7, 11) is 0. The number of rotatable bonds is 7. The van der Waals surface area contributed by atoms with Crippen LogP contribution in [0.1, 0.15) is 17.4 Å². The van der Waals surface area contributed by atoms with Crippen molar-refractivity contribution in [1.29, 1.82) is 0 Å². The molecule has 0 amide bonds. The summed E-state index contributed by atoms with van der Waals surface area (Å²) in [6, 6.07) is 6.96. The van der Waals surface area contributed by atoms with Gasteiger partial charge in [-0.3, -0.25) is 0 Å². The van der Waals surface area contributed by atoms with Crippen LogP contribution in [0.15, 0.2) is 24.3 Å². The van der Waals surface area contributed by atoms with Crippen LogP contribution in [-0.4, -0.2) is 50.9 Å². The number of carbonyl (C=O) groups is 1. The van der Waals surface area contributed by atoms with Crippen LogP contribution in [-0.2, 0) is 0 Å². The Morgan fingerprint density at radius 1 is 1.33 bits per heavy atom. The second kappa shape index (κ2) is 6.71. The Hall–Kier alpha value is -2.61. The van der Waals surface area contributed by atoms with E-state index < -0.39 is 5.97 Å². The molecule has 0 aliphatic heterocycles. The van der Waals surface area contributed by atoms with Gasteiger partial charge in [0.05, 0.1) is 18.9 Å². The molecule has 0 fully saturated rings. The van der Waals surface area contributed by atoms with E-state index in [2.05, 4.69) is 15.5 Å². The third-order valence-corrected chi connectivity index (χ3v) is 2.60. The summed E-state index contributed by atoms with van der Waals surface area (Å²) in [5.74, 6) is -0.358. The van der Waals surface area contributed by atoms with Crippen molar-refractivity contribution in [2.75, 3.05) is 25.1 Å². The maximum absolute atomic E-state index is 11.1. The second-order valence-corrected chi connectivity index (χ2v) is 4.07. The van der Waals surface area contributed by atoms with Gasteiger partial charge in [-0.1, -0.05) is 0 Å². The smallest absolute Gasteiger partial charge is 0.360 e. The maximum atomic E-state index is 11.1. The topological polar surface area (TPSA) is 110 Å². The molecular formula is C13H16N4O4. The fourth-order valence-electron chi connectivity index (χ4n) is 1.70. The Kier molecular flexibility index (Phi) is 4.72. The van der Waals surface area contributed by atoms with Crippen LogP contribution in [0.25, 0.3) is 5.69 Å². The van der Waals surface area contributed by atoms with Crippen molar-refractivity contribution in [2.24, 2.45) is 0 Å². The van der Waals surface area contributed by atoms with E-state index in [1.54, 1.807) is 24.3 Å². The Balaban J connectivity index is 2.28. The van der Waals surface area contributed by atoms with E-state index in [0.717, 1.165) is 0 Å². The molecule has 0 saturated heterocycles. The van der Waals surface area contributed by atoms with Crippen molar-refractivity contribution < 1.29 is 19.7 Å². The van der Waals surface area contributed by atoms with E-state index in [0.29, 0.717) is 18.0 Å². The lowest BCUT2D eigenvalue weighted by Gasteiger charge is -2.04. The lowest BCUT2D eigenvalue weighted by Crippen LogP contribution is -2.09. The minimum absolute atomic E-state index is 0.116. The normalized spacial score (nSPS) is 10.4. The number of benzene rings is 1. The molecule has 1 aromatic heterocycles. The highest BCUT2D eigenvalue weighted by Crippen LogP contribution is 2.17. The van der Waals surface area contributed by atoms with Crippen molar-refractivity contribution in [3.8, 4) is 11.4 Å². The molecule has 0 spiro atoms. The Bertz CT molecular complexity index is 609. The number of anilines is 1. The number of aliphatic hydroxyl groups excluding tert-OH is 1. The number of carboxylic acid groups (broad SMARTS) is 1. The Labute approximate surface area is 121 Å². The molecular weight excluding hydrogens is 276 g/mol. The van der Waals surface area contributed by atoms with E-state index in [9.17, 15) is 4.79 Å². The first-order valence-corrected chi connectivity index (χ1v) is 6.44. The van der Waals surface area contributed by atoms with E-state index in [1.807, 2.05) is 6.92 Å². The molecule has 2 aromatic rings. The second-order valence-electron chi connectivity index (χ2n) is 4.07. The molecule has 3 N–H and O–H groups in total. The summed E-state index contributed by atoms with van der Waals surface area (Å²) < 4.78 is 5.33. The molecule has 0 unspecified atom stereocenters. The van der Waals surface area contributed by atoms with Crippen LogP contribution >= 0.6 is 0 Å². The van der Waals surface area contributed by atoms with Gasteiger partial charge in [0.15, 0.2) is 5.82 Å². The molecule has 1 aromatic carbocycles. The SMILES string of the molecule is CCOc1ccc(-n2nc(NCCO)c(C(=O)O)n2)cc1. The van der Waals surface area contributed by atoms with Crippen molar-refractivity contribution in [2.45, 2.75) is 6.92 Å². The van der Waals surface area contributed by atoms with Gasteiger partial charge in [-0.15, -0.1) is 15.0 Å². The average Bonchev–Trinajstić information content (AvgIpc) is 2.90. The van der Waals surface area contributed by atoms with Crippen LogP contribution in [0.3, 0.4) is 0 Å². The fraction of sp³-hybridized carbons (Fsp3) is 0.308. The van der Waals surface area contributed by atoms with Crippen LogP contribution in [0.2, 0.25) is 0 Å². The van der Waals surface area contributed by atoms with Gasteiger partial charge < -0.3 is 20.3 Å². The minimum Gasteiger partial charge on any atom is -0.494 e. The van der Waals surface area contributed by atoms with E-state index in [4.69, 9.17) is 14.9 Å². The van der Waals surface area contributed by atoms with Crippen LogP contribution in [0.5, 0.6) is 5.75 Å². The largest absolute Gasteiger partial charge is 0.494 e. The van der Waals surface area contributed by atoms with Crippen molar-refractivity contribution in [3.05, 3.63) is 30.0 Å². The molecule has 0 atom stereocenters. The Morgan fingerprint density at radius 3 is 2.62 bits per heavy atom. The predicted octanol–water partition coefficient (Wildman–Crippen LogP) is 0.768. The zero-order chi connectivity index (χ0) is 15.2. The third-order valence-electron chi connectivity index (χ3n) is 2.60. The van der Waals surface area contributed by atoms with Gasteiger partial charge in [0.1, 0.15) is 5.75 Å². The van der Waals surface area contributed by atoms with Crippen LogP contribution in [0.4, 0.5) is 5.82 Å². The number of aliphatic hydroxyl groups is 1. The summed E-state index contributed by atoms with van der Waals surface area (Å²) in [5, 5.41) is 28.6. The number of ether oxygens (including phenoxy) is 1. The molecule has 8 heteroatoms. The first-order chi connectivity index (χ1) is 10.2. The zero-order valence-corrected chi connectivity index (χ0v) is 11.5. The zero-order valence-electron chi connectivity index (χ0n) is 11.5. The van der Waals surface area contributed by atoms with E-state index >= 15 is 0 Å². The summed E-state index contributed by atoms with van der Waals surface area (Å²) >= 11 is 0. The highest BCUT2D eigenvalue weighted by Gasteiger charge is 2.18. The summed E-state index contributed by atoms with van der Waals surface area (Å²) in [5.41, 5.74) is 0.412. The molecule has 0 saturated carbocycles. The van der Waals surface area contributed by atoms with Gasteiger partial charge >= 0.3 is 5.97 Å². The van der Waals surface area contributed by atoms with Gasteiger partial charge in [0.25, 0.3) is 0 Å².